The van der Waals surface area contributed by atoms with E-state index in [-0.39, 0.29) is 13.2 Å². The van der Waals surface area contributed by atoms with Gasteiger partial charge in [0.25, 0.3) is 5.91 Å². The summed E-state index contributed by atoms with van der Waals surface area (Å²) in [6.45, 7) is -0.389. The van der Waals surface area contributed by atoms with Gasteiger partial charge in [-0.05, 0) is 30.3 Å². The fourth-order valence-corrected chi connectivity index (χ4v) is 2.35. The zero-order chi connectivity index (χ0) is 18.1. The zero-order valence-corrected chi connectivity index (χ0v) is 14.9. The van der Waals surface area contributed by atoms with Crippen LogP contribution in [-0.4, -0.2) is 42.8 Å². The number of hydrogen-bond acceptors (Lipinski definition) is 5. The van der Waals surface area contributed by atoms with Crippen molar-refractivity contribution < 1.29 is 24.2 Å². The van der Waals surface area contributed by atoms with Gasteiger partial charge >= 0.3 is 5.97 Å². The van der Waals surface area contributed by atoms with Gasteiger partial charge in [0.2, 0.25) is 0 Å². The molecule has 7 heteroatoms. The Morgan fingerprint density at radius 3 is 2.52 bits per heavy atom. The third-order valence-corrected chi connectivity index (χ3v) is 3.69. The fraction of sp³-hybridized carbons (Fsp3) is 0.222. The second-order valence-electron chi connectivity index (χ2n) is 5.05. The molecular weight excluding hydrogens is 390 g/mol. The Morgan fingerprint density at radius 2 is 1.84 bits per heavy atom. The number of ether oxygens (including phenoxy) is 2. The first-order valence-corrected chi connectivity index (χ1v) is 8.41. The number of benzene rings is 2. The Morgan fingerprint density at radius 1 is 1.08 bits per heavy atom. The summed E-state index contributed by atoms with van der Waals surface area (Å²) in [6.07, 6.45) is 0. The number of amides is 1. The highest BCUT2D eigenvalue weighted by Gasteiger charge is 2.22. The predicted molar refractivity (Wildman–Crippen MR) is 95.4 cm³/mol. The van der Waals surface area contributed by atoms with Gasteiger partial charge < -0.3 is 19.9 Å². The molecule has 2 rings (SSSR count). The highest BCUT2D eigenvalue weighted by molar-refractivity contribution is 9.10. The molecule has 0 radical (unpaired) electrons. The van der Waals surface area contributed by atoms with Crippen molar-refractivity contribution in [3.8, 4) is 5.75 Å². The van der Waals surface area contributed by atoms with Crippen LogP contribution in [0.2, 0.25) is 0 Å². The number of aliphatic hydroxyl groups is 1. The molecule has 0 aromatic heterocycles. The highest BCUT2D eigenvalue weighted by atomic mass is 79.9. The quantitative estimate of drug-likeness (QED) is 0.517. The van der Waals surface area contributed by atoms with Gasteiger partial charge in [0.15, 0.2) is 6.04 Å². The molecule has 2 aromatic rings. The summed E-state index contributed by atoms with van der Waals surface area (Å²) in [5.74, 6) is -0.534. The van der Waals surface area contributed by atoms with Gasteiger partial charge in [0.1, 0.15) is 19.0 Å². The molecule has 0 fully saturated rings. The van der Waals surface area contributed by atoms with Crippen molar-refractivity contribution in [2.75, 3.05) is 19.8 Å². The largest absolute Gasteiger partial charge is 0.490 e. The molecule has 0 spiro atoms. The van der Waals surface area contributed by atoms with Crippen LogP contribution in [-0.2, 0) is 9.53 Å². The van der Waals surface area contributed by atoms with Gasteiger partial charge in [0.05, 0.1) is 6.61 Å². The molecule has 0 saturated carbocycles. The van der Waals surface area contributed by atoms with E-state index in [1.165, 1.54) is 0 Å². The van der Waals surface area contributed by atoms with Crippen LogP contribution < -0.4 is 10.1 Å². The van der Waals surface area contributed by atoms with Crippen molar-refractivity contribution in [2.45, 2.75) is 6.04 Å². The number of hydrogen-bond donors (Lipinski definition) is 2. The number of esters is 1. The van der Waals surface area contributed by atoms with E-state index in [4.69, 9.17) is 9.47 Å². The van der Waals surface area contributed by atoms with Gasteiger partial charge in [-0.3, -0.25) is 4.79 Å². The summed E-state index contributed by atoms with van der Waals surface area (Å²) < 4.78 is 11.4. The molecule has 0 aliphatic rings. The Balaban J connectivity index is 1.77. The molecule has 0 aliphatic heterocycles. The second-order valence-corrected chi connectivity index (χ2v) is 5.96. The monoisotopic (exact) mass is 407 g/mol. The third kappa shape index (κ3) is 6.21. The normalized spacial score (nSPS) is 11.4. The minimum atomic E-state index is -1.13. The van der Waals surface area contributed by atoms with Crippen LogP contribution in [0, 0.1) is 0 Å². The maximum atomic E-state index is 12.0. The summed E-state index contributed by atoms with van der Waals surface area (Å²) in [7, 11) is 0. The van der Waals surface area contributed by atoms with Crippen LogP contribution in [0.5, 0.6) is 5.75 Å². The van der Waals surface area contributed by atoms with E-state index >= 15 is 0 Å². The van der Waals surface area contributed by atoms with Crippen LogP contribution in [0.15, 0.2) is 59.1 Å². The summed E-state index contributed by atoms with van der Waals surface area (Å²) in [5.41, 5.74) is 0.395. The smallest absolute Gasteiger partial charge is 0.331 e. The van der Waals surface area contributed by atoms with Crippen LogP contribution in [0.1, 0.15) is 10.4 Å². The molecule has 25 heavy (non-hydrogen) atoms. The maximum Gasteiger partial charge on any atom is 0.331 e. The number of nitrogens with one attached hydrogen (secondary N) is 1. The molecular formula is C18H18BrNO5. The summed E-state index contributed by atoms with van der Waals surface area (Å²) in [5, 5.41) is 11.7. The van der Waals surface area contributed by atoms with E-state index in [9.17, 15) is 14.7 Å². The first-order chi connectivity index (χ1) is 12.1. The van der Waals surface area contributed by atoms with E-state index in [1.54, 1.807) is 42.5 Å². The average Bonchev–Trinajstić information content (AvgIpc) is 2.63. The lowest BCUT2D eigenvalue weighted by Crippen LogP contribution is -2.44. The molecule has 6 nitrogen and oxygen atoms in total. The lowest BCUT2D eigenvalue weighted by atomic mass is 10.2. The van der Waals surface area contributed by atoms with E-state index in [0.717, 1.165) is 4.47 Å². The number of carbonyl (C=O) groups excluding carboxylic acids is 2. The van der Waals surface area contributed by atoms with Gasteiger partial charge in [-0.2, -0.15) is 0 Å². The summed E-state index contributed by atoms with van der Waals surface area (Å²) in [6, 6.07) is 14.6. The molecule has 0 saturated heterocycles. The molecule has 132 valence electrons. The van der Waals surface area contributed by atoms with Crippen molar-refractivity contribution >= 4 is 27.8 Å². The van der Waals surface area contributed by atoms with E-state index < -0.39 is 24.5 Å². The minimum absolute atomic E-state index is 0.00303. The maximum absolute atomic E-state index is 12.0. The molecule has 0 heterocycles. The van der Waals surface area contributed by atoms with Crippen LogP contribution >= 0.6 is 15.9 Å². The number of aliphatic hydroxyl groups excluding tert-OH is 1. The van der Waals surface area contributed by atoms with Crippen molar-refractivity contribution in [3.05, 3.63) is 64.6 Å². The summed E-state index contributed by atoms with van der Waals surface area (Å²) >= 11 is 3.33. The standard InChI is InChI=1S/C18H18BrNO5/c19-14-7-4-8-15(11-14)24-9-10-25-18(23)16(12-21)20-17(22)13-5-2-1-3-6-13/h1-8,11,16,21H,9-10,12H2,(H,20,22). The fourth-order valence-electron chi connectivity index (χ4n) is 1.97. The Kier molecular flexibility index (Phi) is 7.43. The van der Waals surface area contributed by atoms with Crippen molar-refractivity contribution in [2.24, 2.45) is 0 Å². The van der Waals surface area contributed by atoms with Gasteiger partial charge in [0, 0.05) is 10.0 Å². The average molecular weight is 408 g/mol. The van der Waals surface area contributed by atoms with Crippen LogP contribution in [0.25, 0.3) is 0 Å². The van der Waals surface area contributed by atoms with Gasteiger partial charge in [-0.1, -0.05) is 40.2 Å². The zero-order valence-electron chi connectivity index (χ0n) is 13.4. The predicted octanol–water partition coefficient (Wildman–Crippen LogP) is 2.16. The lowest BCUT2D eigenvalue weighted by Gasteiger charge is -2.15. The molecule has 1 unspecified atom stereocenters. The van der Waals surface area contributed by atoms with Crippen molar-refractivity contribution in [1.82, 2.24) is 5.32 Å². The van der Waals surface area contributed by atoms with Gasteiger partial charge in [-0.15, -0.1) is 0 Å². The minimum Gasteiger partial charge on any atom is -0.490 e. The van der Waals surface area contributed by atoms with E-state index in [2.05, 4.69) is 21.2 Å². The first-order valence-electron chi connectivity index (χ1n) is 7.62. The summed E-state index contributed by atoms with van der Waals surface area (Å²) in [4.78, 5) is 24.0. The Bertz CT molecular complexity index is 708. The van der Waals surface area contributed by atoms with E-state index in [1.807, 2.05) is 12.1 Å². The molecule has 2 N–H and O–H groups in total. The third-order valence-electron chi connectivity index (χ3n) is 3.20. The highest BCUT2D eigenvalue weighted by Crippen LogP contribution is 2.17. The first kappa shape index (κ1) is 19.0. The number of rotatable bonds is 8. The van der Waals surface area contributed by atoms with Crippen LogP contribution in [0.4, 0.5) is 0 Å². The molecule has 1 amide bonds. The lowest BCUT2D eigenvalue weighted by molar-refractivity contribution is -0.147. The molecule has 2 aromatic carbocycles. The number of carbonyl (C=O) groups is 2. The van der Waals surface area contributed by atoms with Crippen molar-refractivity contribution in [1.29, 1.82) is 0 Å². The van der Waals surface area contributed by atoms with Gasteiger partial charge in [-0.25, -0.2) is 4.79 Å². The second kappa shape index (κ2) is 9.80. The molecule has 0 bridgehead atoms. The Hall–Kier alpha value is -2.38. The van der Waals surface area contributed by atoms with Crippen LogP contribution in [0.3, 0.4) is 0 Å². The van der Waals surface area contributed by atoms with Crippen molar-refractivity contribution in [3.63, 3.8) is 0 Å². The Labute approximate surface area is 153 Å². The topological polar surface area (TPSA) is 84.9 Å². The van der Waals surface area contributed by atoms with E-state index in [0.29, 0.717) is 11.3 Å². The SMILES string of the molecule is O=C(NC(CO)C(=O)OCCOc1cccc(Br)c1)c1ccccc1. The molecule has 0 aliphatic carbocycles. The molecule has 1 atom stereocenters. The number of halogens is 1.